The molecule has 0 aliphatic heterocycles. The first kappa shape index (κ1) is 13.0. The predicted octanol–water partition coefficient (Wildman–Crippen LogP) is 0.410. The summed E-state index contributed by atoms with van der Waals surface area (Å²) in [7, 11) is 0. The van der Waals surface area contributed by atoms with Gasteiger partial charge in [-0.1, -0.05) is 12.1 Å². The van der Waals surface area contributed by atoms with Crippen molar-refractivity contribution in [2.45, 2.75) is 19.0 Å². The minimum Gasteiger partial charge on any atom is -0.508 e. The van der Waals surface area contributed by atoms with Crippen LogP contribution in [0.3, 0.4) is 0 Å². The Hall–Kier alpha value is -2.08. The first-order chi connectivity index (χ1) is 7.99. The van der Waals surface area contributed by atoms with Crippen molar-refractivity contribution in [2.75, 3.05) is 0 Å². The summed E-state index contributed by atoms with van der Waals surface area (Å²) in [6, 6.07) is 5.16. The molecule has 4 N–H and O–H groups in total. The molecule has 0 amide bonds. The van der Waals surface area contributed by atoms with Crippen molar-refractivity contribution in [3.05, 3.63) is 29.8 Å². The molecular formula is C11H13NO5. The molecule has 1 aromatic rings. The van der Waals surface area contributed by atoms with Crippen LogP contribution in [-0.2, 0) is 16.1 Å². The number of hydrogen-bond donors (Lipinski definition) is 4. The van der Waals surface area contributed by atoms with Gasteiger partial charge in [0.05, 0.1) is 6.42 Å². The van der Waals surface area contributed by atoms with Crippen LogP contribution in [0.2, 0.25) is 0 Å². The maximum Gasteiger partial charge on any atom is 0.321 e. The van der Waals surface area contributed by atoms with E-state index in [1.165, 1.54) is 12.1 Å². The largest absolute Gasteiger partial charge is 0.508 e. The average Bonchev–Trinajstić information content (AvgIpc) is 2.23. The summed E-state index contributed by atoms with van der Waals surface area (Å²) in [4.78, 5) is 21.2. The predicted molar refractivity (Wildman–Crippen MR) is 58.6 cm³/mol. The maximum absolute atomic E-state index is 10.7. The van der Waals surface area contributed by atoms with Crippen LogP contribution in [-0.4, -0.2) is 33.3 Å². The second-order valence-electron chi connectivity index (χ2n) is 3.54. The van der Waals surface area contributed by atoms with Crippen LogP contribution in [0.25, 0.3) is 0 Å². The van der Waals surface area contributed by atoms with Gasteiger partial charge < -0.3 is 15.3 Å². The van der Waals surface area contributed by atoms with Crippen LogP contribution < -0.4 is 5.32 Å². The molecule has 0 saturated heterocycles. The summed E-state index contributed by atoms with van der Waals surface area (Å²) in [5.41, 5.74) is 0.682. The first-order valence-electron chi connectivity index (χ1n) is 4.95. The molecule has 1 atom stereocenters. The van der Waals surface area contributed by atoms with Crippen molar-refractivity contribution in [2.24, 2.45) is 0 Å². The van der Waals surface area contributed by atoms with Crippen molar-refractivity contribution in [1.82, 2.24) is 5.32 Å². The lowest BCUT2D eigenvalue weighted by atomic mass is 10.1. The van der Waals surface area contributed by atoms with Crippen LogP contribution in [0, 0.1) is 0 Å². The number of aliphatic carboxylic acids is 2. The number of phenols is 1. The Morgan fingerprint density at radius 3 is 2.53 bits per heavy atom. The van der Waals surface area contributed by atoms with Crippen molar-refractivity contribution in [3.63, 3.8) is 0 Å². The molecule has 0 aliphatic carbocycles. The van der Waals surface area contributed by atoms with E-state index in [0.29, 0.717) is 5.56 Å². The normalized spacial score (nSPS) is 12.0. The van der Waals surface area contributed by atoms with Gasteiger partial charge in [0.25, 0.3) is 0 Å². The van der Waals surface area contributed by atoms with Gasteiger partial charge >= 0.3 is 11.9 Å². The zero-order valence-electron chi connectivity index (χ0n) is 8.96. The zero-order valence-corrected chi connectivity index (χ0v) is 8.96. The minimum absolute atomic E-state index is 0.0782. The van der Waals surface area contributed by atoms with Gasteiger partial charge in [-0.15, -0.1) is 0 Å². The fourth-order valence-corrected chi connectivity index (χ4v) is 1.33. The van der Waals surface area contributed by atoms with E-state index in [-0.39, 0.29) is 12.3 Å². The highest BCUT2D eigenvalue weighted by Crippen LogP contribution is 2.10. The fourth-order valence-electron chi connectivity index (χ4n) is 1.33. The molecule has 0 radical (unpaired) electrons. The summed E-state index contributed by atoms with van der Waals surface area (Å²) in [6.45, 7) is 0.179. The molecule has 0 bridgehead atoms. The second-order valence-corrected chi connectivity index (χ2v) is 3.54. The number of nitrogens with one attached hydrogen (secondary N) is 1. The molecule has 6 nitrogen and oxygen atoms in total. The Morgan fingerprint density at radius 1 is 1.29 bits per heavy atom. The number of carboxylic acids is 2. The summed E-state index contributed by atoms with van der Waals surface area (Å²) in [5.74, 6) is -2.32. The van der Waals surface area contributed by atoms with Crippen molar-refractivity contribution < 1.29 is 24.9 Å². The molecule has 1 unspecified atom stereocenters. The van der Waals surface area contributed by atoms with E-state index in [2.05, 4.69) is 5.32 Å². The van der Waals surface area contributed by atoms with Crippen LogP contribution in [0.15, 0.2) is 24.3 Å². The number of hydrogen-bond acceptors (Lipinski definition) is 4. The second kappa shape index (κ2) is 5.86. The van der Waals surface area contributed by atoms with Gasteiger partial charge in [-0.2, -0.15) is 0 Å². The van der Waals surface area contributed by atoms with E-state index < -0.39 is 24.4 Å². The Labute approximate surface area is 97.5 Å². The minimum atomic E-state index is -1.22. The van der Waals surface area contributed by atoms with E-state index in [1.807, 2.05) is 0 Å². The van der Waals surface area contributed by atoms with Gasteiger partial charge in [0.1, 0.15) is 11.8 Å². The molecule has 1 aromatic carbocycles. The highest BCUT2D eigenvalue weighted by molar-refractivity contribution is 5.80. The van der Waals surface area contributed by atoms with Gasteiger partial charge in [-0.05, 0) is 17.7 Å². The summed E-state index contributed by atoms with van der Waals surface area (Å²) < 4.78 is 0. The highest BCUT2D eigenvalue weighted by Gasteiger charge is 2.19. The summed E-state index contributed by atoms with van der Waals surface area (Å²) in [6.07, 6.45) is -0.492. The molecule has 92 valence electrons. The number of benzene rings is 1. The molecule has 0 fully saturated rings. The lowest BCUT2D eigenvalue weighted by molar-refractivity contribution is -0.146. The summed E-state index contributed by atoms with van der Waals surface area (Å²) in [5, 5.41) is 29.1. The van der Waals surface area contributed by atoms with Gasteiger partial charge in [-0.3, -0.25) is 14.9 Å². The molecule has 0 heterocycles. The van der Waals surface area contributed by atoms with E-state index in [1.54, 1.807) is 12.1 Å². The molecule has 0 aliphatic rings. The van der Waals surface area contributed by atoms with E-state index in [4.69, 9.17) is 10.2 Å². The molecule has 1 rings (SSSR count). The van der Waals surface area contributed by atoms with Crippen LogP contribution in [0.4, 0.5) is 0 Å². The smallest absolute Gasteiger partial charge is 0.321 e. The summed E-state index contributed by atoms with van der Waals surface area (Å²) >= 11 is 0. The third kappa shape index (κ3) is 4.52. The number of carboxylic acid groups (broad SMARTS) is 2. The molecule has 0 aromatic heterocycles. The SMILES string of the molecule is O=C(O)CC(NCc1cccc(O)c1)C(=O)O. The monoisotopic (exact) mass is 239 g/mol. The van der Waals surface area contributed by atoms with Gasteiger partial charge in [0, 0.05) is 6.54 Å². The Morgan fingerprint density at radius 2 is 2.00 bits per heavy atom. The molecule has 17 heavy (non-hydrogen) atoms. The Bertz CT molecular complexity index is 418. The van der Waals surface area contributed by atoms with Crippen LogP contribution in [0.5, 0.6) is 5.75 Å². The van der Waals surface area contributed by atoms with Gasteiger partial charge in [0.15, 0.2) is 0 Å². The number of rotatable bonds is 6. The van der Waals surface area contributed by atoms with Crippen LogP contribution in [0.1, 0.15) is 12.0 Å². The Kier molecular flexibility index (Phi) is 4.47. The highest BCUT2D eigenvalue weighted by atomic mass is 16.4. The van der Waals surface area contributed by atoms with E-state index in [9.17, 15) is 14.7 Å². The third-order valence-corrected chi connectivity index (χ3v) is 2.14. The standard InChI is InChI=1S/C11H13NO5/c13-8-3-1-2-7(4-8)6-12-9(11(16)17)5-10(14)15/h1-4,9,12-13H,5-6H2,(H,14,15)(H,16,17). The average molecular weight is 239 g/mol. The lowest BCUT2D eigenvalue weighted by Crippen LogP contribution is -2.38. The fraction of sp³-hybridized carbons (Fsp3) is 0.273. The lowest BCUT2D eigenvalue weighted by Gasteiger charge is -2.12. The van der Waals surface area contributed by atoms with Crippen molar-refractivity contribution >= 4 is 11.9 Å². The van der Waals surface area contributed by atoms with Crippen LogP contribution >= 0.6 is 0 Å². The third-order valence-electron chi connectivity index (χ3n) is 2.14. The van der Waals surface area contributed by atoms with E-state index >= 15 is 0 Å². The molecule has 6 heteroatoms. The van der Waals surface area contributed by atoms with Crippen molar-refractivity contribution in [3.8, 4) is 5.75 Å². The molecular weight excluding hydrogens is 226 g/mol. The first-order valence-corrected chi connectivity index (χ1v) is 4.95. The zero-order chi connectivity index (χ0) is 12.8. The van der Waals surface area contributed by atoms with Gasteiger partial charge in [-0.25, -0.2) is 0 Å². The maximum atomic E-state index is 10.7. The number of phenolic OH excluding ortho intramolecular Hbond substituents is 1. The molecule has 0 saturated carbocycles. The van der Waals surface area contributed by atoms with E-state index in [0.717, 1.165) is 0 Å². The number of aromatic hydroxyl groups is 1. The number of carbonyl (C=O) groups is 2. The van der Waals surface area contributed by atoms with Gasteiger partial charge in [0.2, 0.25) is 0 Å². The quantitative estimate of drug-likeness (QED) is 0.572. The van der Waals surface area contributed by atoms with Crippen molar-refractivity contribution in [1.29, 1.82) is 0 Å². The Balaban J connectivity index is 2.57. The topological polar surface area (TPSA) is 107 Å². The molecule has 0 spiro atoms.